The molecule has 7 nitrogen and oxygen atoms in total. The van der Waals surface area contributed by atoms with Gasteiger partial charge in [-0.15, -0.1) is 0 Å². The second kappa shape index (κ2) is 12.7. The molecular weight excluding hydrogens is 498 g/mol. The van der Waals surface area contributed by atoms with Crippen LogP contribution in [0.5, 0.6) is 0 Å². The monoisotopic (exact) mass is 535 g/mol. The lowest BCUT2D eigenvalue weighted by Crippen LogP contribution is -2.51. The van der Waals surface area contributed by atoms with Crippen molar-refractivity contribution in [3.05, 3.63) is 95.6 Å². The van der Waals surface area contributed by atoms with Crippen LogP contribution in [-0.2, 0) is 26.2 Å². The van der Waals surface area contributed by atoms with Crippen molar-refractivity contribution in [2.24, 2.45) is 0 Å². The summed E-state index contributed by atoms with van der Waals surface area (Å²) in [6.45, 7) is 7.66. The molecule has 0 aliphatic rings. The van der Waals surface area contributed by atoms with Crippen LogP contribution in [0.15, 0.2) is 83.8 Å². The molecule has 0 aliphatic heterocycles. The Bertz CT molecular complexity index is 1320. The predicted octanol–water partition coefficient (Wildman–Crippen LogP) is 4.87. The highest BCUT2D eigenvalue weighted by Crippen LogP contribution is 2.26. The number of hydrogen-bond acceptors (Lipinski definition) is 4. The Kier molecular flexibility index (Phi) is 9.69. The molecule has 0 aromatic heterocycles. The molecule has 0 fully saturated rings. The van der Waals surface area contributed by atoms with Crippen LogP contribution < -0.4 is 9.62 Å². The minimum Gasteiger partial charge on any atom is -0.357 e. The Hall–Kier alpha value is -3.65. The fourth-order valence-corrected chi connectivity index (χ4v) is 5.69. The standard InChI is InChI=1S/C30H37N3O4S/c1-6-28(30(35)31-5)32(20-24-14-12-23(4)13-15-24)29(34)21-33(26-18-16-25(17-19-26)22(2)3)38(36,37)27-10-8-7-9-11-27/h7-19,22,28H,6,20-21H2,1-5H3,(H,31,35). The van der Waals surface area contributed by atoms with E-state index in [9.17, 15) is 18.0 Å². The third-order valence-corrected chi connectivity index (χ3v) is 8.35. The lowest BCUT2D eigenvalue weighted by molar-refractivity contribution is -0.140. The van der Waals surface area contributed by atoms with Crippen molar-refractivity contribution in [2.45, 2.75) is 57.5 Å². The normalized spacial score (nSPS) is 12.2. The molecule has 3 aromatic carbocycles. The van der Waals surface area contributed by atoms with Gasteiger partial charge in [-0.2, -0.15) is 0 Å². The first-order valence-corrected chi connectivity index (χ1v) is 14.3. The fraction of sp³-hybridized carbons (Fsp3) is 0.333. The van der Waals surface area contributed by atoms with Crippen LogP contribution in [0.3, 0.4) is 0 Å². The van der Waals surface area contributed by atoms with Crippen molar-refractivity contribution in [1.82, 2.24) is 10.2 Å². The highest BCUT2D eigenvalue weighted by atomic mass is 32.2. The zero-order valence-electron chi connectivity index (χ0n) is 22.7. The zero-order chi connectivity index (χ0) is 27.9. The van der Waals surface area contributed by atoms with Gasteiger partial charge in [0.25, 0.3) is 10.0 Å². The molecule has 38 heavy (non-hydrogen) atoms. The van der Waals surface area contributed by atoms with E-state index in [1.807, 2.05) is 50.2 Å². The van der Waals surface area contributed by atoms with Crippen molar-refractivity contribution >= 4 is 27.5 Å². The number of carbonyl (C=O) groups is 2. The fourth-order valence-electron chi connectivity index (χ4n) is 4.25. The third-order valence-electron chi connectivity index (χ3n) is 6.56. The van der Waals surface area contributed by atoms with Crippen molar-refractivity contribution in [1.29, 1.82) is 0 Å². The number of amides is 2. The van der Waals surface area contributed by atoms with E-state index in [-0.39, 0.29) is 23.3 Å². The molecule has 0 saturated carbocycles. The van der Waals surface area contributed by atoms with Crippen molar-refractivity contribution < 1.29 is 18.0 Å². The van der Waals surface area contributed by atoms with E-state index in [2.05, 4.69) is 19.2 Å². The van der Waals surface area contributed by atoms with Gasteiger partial charge in [0.2, 0.25) is 11.8 Å². The molecule has 0 spiro atoms. The summed E-state index contributed by atoms with van der Waals surface area (Å²) in [6, 6.07) is 22.2. The number of sulfonamides is 1. The lowest BCUT2D eigenvalue weighted by atomic mass is 10.0. The van der Waals surface area contributed by atoms with Crippen LogP contribution in [0.1, 0.15) is 49.8 Å². The van der Waals surface area contributed by atoms with Gasteiger partial charge in [0.05, 0.1) is 10.6 Å². The average molecular weight is 536 g/mol. The molecule has 1 N–H and O–H groups in total. The molecule has 3 aromatic rings. The van der Waals surface area contributed by atoms with Gasteiger partial charge in [0.1, 0.15) is 12.6 Å². The first-order chi connectivity index (χ1) is 18.1. The van der Waals surface area contributed by atoms with Crippen LogP contribution in [0.4, 0.5) is 5.69 Å². The van der Waals surface area contributed by atoms with E-state index in [1.54, 1.807) is 30.3 Å². The average Bonchev–Trinajstić information content (AvgIpc) is 2.92. The number of nitrogens with one attached hydrogen (secondary N) is 1. The number of rotatable bonds is 11. The number of nitrogens with zero attached hydrogens (tertiary/aromatic N) is 2. The summed E-state index contributed by atoms with van der Waals surface area (Å²) in [7, 11) is -2.54. The quantitative estimate of drug-likeness (QED) is 0.380. The lowest BCUT2D eigenvalue weighted by Gasteiger charge is -2.33. The Morgan fingerprint density at radius 3 is 2.03 bits per heavy atom. The van der Waals surface area contributed by atoms with Gasteiger partial charge in [0, 0.05) is 13.6 Å². The summed E-state index contributed by atoms with van der Waals surface area (Å²) < 4.78 is 28.8. The van der Waals surface area contributed by atoms with E-state index in [1.165, 1.54) is 24.1 Å². The summed E-state index contributed by atoms with van der Waals surface area (Å²) >= 11 is 0. The number of likely N-dealkylation sites (N-methyl/N-ethyl adjacent to an activating group) is 1. The maximum Gasteiger partial charge on any atom is 0.264 e. The number of benzene rings is 3. The Labute approximate surface area is 226 Å². The minimum absolute atomic E-state index is 0.0872. The summed E-state index contributed by atoms with van der Waals surface area (Å²) in [5.41, 5.74) is 3.37. The van der Waals surface area contributed by atoms with Gasteiger partial charge < -0.3 is 10.2 Å². The van der Waals surface area contributed by atoms with Crippen LogP contribution in [0.2, 0.25) is 0 Å². The van der Waals surface area contributed by atoms with Crippen molar-refractivity contribution in [3.8, 4) is 0 Å². The molecule has 1 unspecified atom stereocenters. The molecule has 8 heteroatoms. The first-order valence-electron chi connectivity index (χ1n) is 12.8. The predicted molar refractivity (Wildman–Crippen MR) is 151 cm³/mol. The summed E-state index contributed by atoms with van der Waals surface area (Å²) in [5, 5.41) is 2.64. The van der Waals surface area contributed by atoms with Crippen LogP contribution in [-0.4, -0.2) is 44.8 Å². The topological polar surface area (TPSA) is 86.8 Å². The molecule has 0 bridgehead atoms. The van der Waals surface area contributed by atoms with Gasteiger partial charge in [0.15, 0.2) is 0 Å². The zero-order valence-corrected chi connectivity index (χ0v) is 23.5. The minimum atomic E-state index is -4.07. The molecule has 0 radical (unpaired) electrons. The first kappa shape index (κ1) is 28.9. The second-order valence-corrected chi connectivity index (χ2v) is 11.5. The molecule has 2 amide bonds. The van der Waals surface area contributed by atoms with E-state index in [4.69, 9.17) is 0 Å². The van der Waals surface area contributed by atoms with Crippen molar-refractivity contribution in [3.63, 3.8) is 0 Å². The van der Waals surface area contributed by atoms with E-state index in [0.29, 0.717) is 12.1 Å². The van der Waals surface area contributed by atoms with Gasteiger partial charge in [-0.1, -0.05) is 80.9 Å². The third kappa shape index (κ3) is 6.81. The molecule has 1 atom stereocenters. The van der Waals surface area contributed by atoms with Gasteiger partial charge in [-0.3, -0.25) is 13.9 Å². The largest absolute Gasteiger partial charge is 0.357 e. The second-order valence-electron chi connectivity index (χ2n) is 9.62. The van der Waals surface area contributed by atoms with Crippen LogP contribution in [0.25, 0.3) is 0 Å². The summed E-state index contributed by atoms with van der Waals surface area (Å²) in [5.74, 6) is -0.493. The van der Waals surface area contributed by atoms with Crippen LogP contribution >= 0.6 is 0 Å². The van der Waals surface area contributed by atoms with Crippen LogP contribution in [0, 0.1) is 6.92 Å². The number of hydrogen-bond donors (Lipinski definition) is 1. The highest BCUT2D eigenvalue weighted by molar-refractivity contribution is 7.92. The summed E-state index contributed by atoms with van der Waals surface area (Å²) in [6.07, 6.45) is 0.381. The van der Waals surface area contributed by atoms with E-state index < -0.39 is 28.5 Å². The molecule has 0 aliphatic carbocycles. The Morgan fingerprint density at radius 1 is 0.895 bits per heavy atom. The maximum absolute atomic E-state index is 13.9. The van der Waals surface area contributed by atoms with Gasteiger partial charge in [-0.25, -0.2) is 8.42 Å². The number of carbonyl (C=O) groups excluding carboxylic acids is 2. The Morgan fingerprint density at radius 2 is 1.50 bits per heavy atom. The Balaban J connectivity index is 2.05. The maximum atomic E-state index is 13.9. The molecular formula is C30H37N3O4S. The molecule has 3 rings (SSSR count). The van der Waals surface area contributed by atoms with Gasteiger partial charge >= 0.3 is 0 Å². The smallest absolute Gasteiger partial charge is 0.264 e. The highest BCUT2D eigenvalue weighted by Gasteiger charge is 2.33. The summed E-state index contributed by atoms with van der Waals surface area (Å²) in [4.78, 5) is 28.2. The molecule has 202 valence electrons. The SMILES string of the molecule is CCC(C(=O)NC)N(Cc1ccc(C)cc1)C(=O)CN(c1ccc(C(C)C)cc1)S(=O)(=O)c1ccccc1. The van der Waals surface area contributed by atoms with E-state index in [0.717, 1.165) is 21.0 Å². The molecule has 0 saturated heterocycles. The number of aryl methyl sites for hydroxylation is 1. The number of anilines is 1. The van der Waals surface area contributed by atoms with Gasteiger partial charge in [-0.05, 0) is 54.7 Å². The van der Waals surface area contributed by atoms with Crippen molar-refractivity contribution in [2.75, 3.05) is 17.9 Å². The van der Waals surface area contributed by atoms with E-state index >= 15 is 0 Å². The molecule has 0 heterocycles.